The molecule has 1 fully saturated rings. The van der Waals surface area contributed by atoms with Gasteiger partial charge < -0.3 is 14.0 Å². The Labute approximate surface area is 153 Å². The van der Waals surface area contributed by atoms with Crippen molar-refractivity contribution >= 4 is 13.1 Å². The molecule has 4 nitrogen and oxygen atoms in total. The van der Waals surface area contributed by atoms with Crippen LogP contribution in [-0.2, 0) is 18.8 Å². The molecule has 1 aliphatic heterocycles. The molecule has 2 atom stereocenters. The van der Waals surface area contributed by atoms with Crippen molar-refractivity contribution in [1.29, 1.82) is 0 Å². The fraction of sp³-hybridized carbons (Fsp3) is 0.850. The van der Waals surface area contributed by atoms with Gasteiger partial charge >= 0.3 is 13.1 Å². The molecule has 0 amide bonds. The summed E-state index contributed by atoms with van der Waals surface area (Å²) in [5.41, 5.74) is 0.782. The minimum atomic E-state index is -0.269. The maximum Gasteiger partial charge on any atom is 0.490 e. The molecule has 1 heterocycles. The molecule has 25 heavy (non-hydrogen) atoms. The number of hydrogen-bond donors (Lipinski definition) is 0. The Kier molecular flexibility index (Phi) is 7.15. The van der Waals surface area contributed by atoms with E-state index in [1.54, 1.807) is 0 Å². The second kappa shape index (κ2) is 8.72. The third kappa shape index (κ3) is 5.10. The van der Waals surface area contributed by atoms with Crippen LogP contribution in [0.3, 0.4) is 0 Å². The molecular weight excluding hydrogens is 315 g/mol. The highest BCUT2D eigenvalue weighted by molar-refractivity contribution is 6.54. The van der Waals surface area contributed by atoms with Crippen LogP contribution in [0.2, 0.25) is 0 Å². The van der Waals surface area contributed by atoms with Crippen molar-refractivity contribution in [3.63, 3.8) is 0 Å². The van der Waals surface area contributed by atoms with Gasteiger partial charge in [0, 0.05) is 6.42 Å². The van der Waals surface area contributed by atoms with Crippen LogP contribution in [-0.4, -0.2) is 30.9 Å². The zero-order valence-corrected chi connectivity index (χ0v) is 16.7. The summed E-state index contributed by atoms with van der Waals surface area (Å²) in [5, 5.41) is 0. The van der Waals surface area contributed by atoms with Gasteiger partial charge in [-0.15, -0.1) is 0 Å². The first-order valence-electron chi connectivity index (χ1n) is 10.0. The Bertz CT molecular complexity index is 488. The Balaban J connectivity index is 1.88. The maximum atomic E-state index is 11.5. The molecule has 0 N–H and O–H groups in total. The topological polar surface area (TPSA) is 44.8 Å². The summed E-state index contributed by atoms with van der Waals surface area (Å²) in [4.78, 5) is 11.5. The maximum absolute atomic E-state index is 11.5. The normalized spacial score (nSPS) is 28.8. The van der Waals surface area contributed by atoms with E-state index in [0.29, 0.717) is 18.9 Å². The van der Waals surface area contributed by atoms with E-state index in [-0.39, 0.29) is 24.3 Å². The predicted molar refractivity (Wildman–Crippen MR) is 101 cm³/mol. The van der Waals surface area contributed by atoms with Crippen molar-refractivity contribution in [2.24, 2.45) is 5.92 Å². The second-order valence-electron chi connectivity index (χ2n) is 8.18. The van der Waals surface area contributed by atoms with Crippen LogP contribution in [0, 0.1) is 5.92 Å². The van der Waals surface area contributed by atoms with Gasteiger partial charge in [0.1, 0.15) is 0 Å². The largest absolute Gasteiger partial charge is 0.490 e. The van der Waals surface area contributed by atoms with Gasteiger partial charge in [-0.25, -0.2) is 0 Å². The molecule has 0 spiro atoms. The van der Waals surface area contributed by atoms with Crippen molar-refractivity contribution < 1.29 is 18.8 Å². The number of hydrogen-bond acceptors (Lipinski definition) is 4. The third-order valence-corrected chi connectivity index (χ3v) is 5.97. The van der Waals surface area contributed by atoms with Crippen molar-refractivity contribution in [2.75, 3.05) is 6.61 Å². The summed E-state index contributed by atoms with van der Waals surface area (Å²) in [6.45, 7) is 11.0. The fourth-order valence-electron chi connectivity index (χ4n) is 3.76. The van der Waals surface area contributed by atoms with Crippen LogP contribution >= 0.6 is 0 Å². The Morgan fingerprint density at radius 3 is 2.68 bits per heavy atom. The highest BCUT2D eigenvalue weighted by Crippen LogP contribution is 2.43. The smallest absolute Gasteiger partial charge is 0.466 e. The lowest BCUT2D eigenvalue weighted by molar-refractivity contribution is -0.143. The molecule has 142 valence electrons. The monoisotopic (exact) mass is 350 g/mol. The first-order chi connectivity index (χ1) is 11.8. The number of rotatable bonds is 8. The van der Waals surface area contributed by atoms with Gasteiger partial charge in [-0.3, -0.25) is 4.79 Å². The number of esters is 1. The molecule has 5 heteroatoms. The van der Waals surface area contributed by atoms with Gasteiger partial charge in [0.25, 0.3) is 0 Å². The quantitative estimate of drug-likeness (QED) is 0.463. The molecule has 2 rings (SSSR count). The fourth-order valence-corrected chi connectivity index (χ4v) is 3.76. The lowest BCUT2D eigenvalue weighted by Gasteiger charge is -2.36. The summed E-state index contributed by atoms with van der Waals surface area (Å²) in [7, 11) is -0.206. The van der Waals surface area contributed by atoms with Gasteiger partial charge in [-0.05, 0) is 71.2 Å². The SMILES string of the molecule is CCCCC1(C)OB(C2=CCC(CCC(=O)OCC)CC2)OC1(C)C. The standard InChI is InChI=1S/C20H35BO4/c1-6-8-15-20(5)19(3,4)24-21(25-20)17-12-9-16(10-13-17)11-14-18(22)23-7-2/h12,16H,6-11,13-15H2,1-5H3. The Morgan fingerprint density at radius 1 is 1.32 bits per heavy atom. The van der Waals surface area contributed by atoms with Gasteiger partial charge in [-0.1, -0.05) is 25.8 Å². The molecule has 0 radical (unpaired) electrons. The minimum absolute atomic E-state index is 0.0758. The molecule has 0 bridgehead atoms. The van der Waals surface area contributed by atoms with Gasteiger partial charge in [0.15, 0.2) is 0 Å². The summed E-state index contributed by atoms with van der Waals surface area (Å²) >= 11 is 0. The summed E-state index contributed by atoms with van der Waals surface area (Å²) in [5.74, 6) is 0.488. The summed E-state index contributed by atoms with van der Waals surface area (Å²) < 4.78 is 17.7. The van der Waals surface area contributed by atoms with E-state index >= 15 is 0 Å². The number of carbonyl (C=O) groups excluding carboxylic acids is 1. The highest BCUT2D eigenvalue weighted by atomic mass is 16.7. The number of allylic oxidation sites excluding steroid dienone is 2. The first kappa shape index (κ1) is 20.5. The predicted octanol–water partition coefficient (Wildman–Crippen LogP) is 4.86. The van der Waals surface area contributed by atoms with E-state index in [1.807, 2.05) is 6.92 Å². The van der Waals surface area contributed by atoms with E-state index in [4.69, 9.17) is 14.0 Å². The van der Waals surface area contributed by atoms with E-state index in [0.717, 1.165) is 38.5 Å². The lowest BCUT2D eigenvalue weighted by Crippen LogP contribution is -2.44. The molecule has 0 saturated carbocycles. The van der Waals surface area contributed by atoms with Crippen LogP contribution in [0.4, 0.5) is 0 Å². The molecule has 1 aliphatic carbocycles. The van der Waals surface area contributed by atoms with Crippen molar-refractivity contribution in [1.82, 2.24) is 0 Å². The zero-order valence-electron chi connectivity index (χ0n) is 16.7. The van der Waals surface area contributed by atoms with Crippen LogP contribution in [0.25, 0.3) is 0 Å². The average Bonchev–Trinajstić information content (AvgIpc) is 2.82. The zero-order chi connectivity index (χ0) is 18.5. The van der Waals surface area contributed by atoms with Gasteiger partial charge in [-0.2, -0.15) is 0 Å². The third-order valence-electron chi connectivity index (χ3n) is 5.97. The molecule has 0 aromatic rings. The van der Waals surface area contributed by atoms with Gasteiger partial charge in [0.05, 0.1) is 17.8 Å². The number of unbranched alkanes of at least 4 members (excludes halogenated alkanes) is 1. The summed E-state index contributed by atoms with van der Waals surface area (Å²) in [6, 6.07) is 0. The number of ether oxygens (including phenoxy) is 1. The van der Waals surface area contributed by atoms with E-state index in [9.17, 15) is 4.79 Å². The Hall–Kier alpha value is -0.805. The molecule has 0 aromatic heterocycles. The van der Waals surface area contributed by atoms with E-state index in [2.05, 4.69) is 33.8 Å². The molecular formula is C20H35BO4. The van der Waals surface area contributed by atoms with Crippen LogP contribution in [0.5, 0.6) is 0 Å². The summed E-state index contributed by atoms with van der Waals surface area (Å²) in [6.07, 6.45) is 10.2. The molecule has 1 saturated heterocycles. The van der Waals surface area contributed by atoms with Crippen LogP contribution < -0.4 is 0 Å². The molecule has 2 unspecified atom stereocenters. The lowest BCUT2D eigenvalue weighted by atomic mass is 9.70. The van der Waals surface area contributed by atoms with Crippen molar-refractivity contribution in [3.05, 3.63) is 11.5 Å². The van der Waals surface area contributed by atoms with Crippen molar-refractivity contribution in [2.45, 2.75) is 97.2 Å². The van der Waals surface area contributed by atoms with Crippen LogP contribution in [0.1, 0.15) is 86.0 Å². The minimum Gasteiger partial charge on any atom is -0.466 e. The molecule has 0 aromatic carbocycles. The van der Waals surface area contributed by atoms with Gasteiger partial charge in [0.2, 0.25) is 0 Å². The number of carbonyl (C=O) groups is 1. The van der Waals surface area contributed by atoms with Crippen molar-refractivity contribution in [3.8, 4) is 0 Å². The second-order valence-corrected chi connectivity index (χ2v) is 8.18. The molecule has 2 aliphatic rings. The average molecular weight is 350 g/mol. The highest BCUT2D eigenvalue weighted by Gasteiger charge is 2.54. The van der Waals surface area contributed by atoms with E-state index in [1.165, 1.54) is 11.9 Å². The first-order valence-corrected chi connectivity index (χ1v) is 10.0. The Morgan fingerprint density at radius 2 is 2.08 bits per heavy atom. The van der Waals surface area contributed by atoms with Crippen LogP contribution in [0.15, 0.2) is 11.5 Å². The van der Waals surface area contributed by atoms with E-state index < -0.39 is 0 Å².